The molecule has 0 aromatic heterocycles. The molecule has 0 saturated carbocycles. The summed E-state index contributed by atoms with van der Waals surface area (Å²) in [5.74, 6) is -0.541. The van der Waals surface area contributed by atoms with Crippen molar-refractivity contribution < 1.29 is 19.5 Å². The molecule has 1 fully saturated rings. The Bertz CT molecular complexity index is 516. The van der Waals surface area contributed by atoms with Gasteiger partial charge in [-0.2, -0.15) is 0 Å². The van der Waals surface area contributed by atoms with Crippen LogP contribution < -0.4 is 5.32 Å². The lowest BCUT2D eigenvalue weighted by atomic mass is 9.95. The van der Waals surface area contributed by atoms with Crippen LogP contribution in [0, 0.1) is 5.92 Å². The number of carboxylic acid groups (broad SMARTS) is 1. The molecule has 0 aliphatic carbocycles. The quantitative estimate of drug-likeness (QED) is 0.513. The molecular weight excluding hydrogens is 360 g/mol. The smallest absolute Gasteiger partial charge is 0.317 e. The summed E-state index contributed by atoms with van der Waals surface area (Å²) in [7, 11) is 2.00. The van der Waals surface area contributed by atoms with Gasteiger partial charge >= 0.3 is 12.0 Å². The van der Waals surface area contributed by atoms with Crippen molar-refractivity contribution in [3.8, 4) is 0 Å². The maximum atomic E-state index is 12.5. The molecule has 1 aliphatic heterocycles. The minimum atomic E-state index is -0.838. The lowest BCUT2D eigenvalue weighted by Gasteiger charge is -2.33. The van der Waals surface area contributed by atoms with Crippen LogP contribution in [0.2, 0.25) is 0 Å². The molecule has 28 heavy (non-hydrogen) atoms. The van der Waals surface area contributed by atoms with Crippen LogP contribution in [0.5, 0.6) is 0 Å². The van der Waals surface area contributed by atoms with Crippen molar-refractivity contribution in [1.82, 2.24) is 20.0 Å². The molecule has 0 aromatic carbocycles. The number of nitrogens with one attached hydrogen (secondary N) is 1. The Morgan fingerprint density at radius 3 is 2.14 bits per heavy atom. The average Bonchev–Trinajstić information content (AvgIpc) is 2.63. The summed E-state index contributed by atoms with van der Waals surface area (Å²) in [5, 5.41) is 11.8. The van der Waals surface area contributed by atoms with E-state index in [-0.39, 0.29) is 30.3 Å². The van der Waals surface area contributed by atoms with E-state index < -0.39 is 5.97 Å². The van der Waals surface area contributed by atoms with Crippen molar-refractivity contribution in [2.24, 2.45) is 5.92 Å². The largest absolute Gasteiger partial charge is 0.480 e. The van der Waals surface area contributed by atoms with Gasteiger partial charge in [0.15, 0.2) is 5.78 Å². The molecule has 1 heterocycles. The van der Waals surface area contributed by atoms with Crippen LogP contribution >= 0.6 is 0 Å². The van der Waals surface area contributed by atoms with Crippen molar-refractivity contribution in [3.63, 3.8) is 0 Å². The summed E-state index contributed by atoms with van der Waals surface area (Å²) in [6, 6.07) is 0.147. The molecule has 0 bridgehead atoms. The van der Waals surface area contributed by atoms with Crippen LogP contribution in [-0.2, 0) is 9.59 Å². The Morgan fingerprint density at radius 2 is 1.64 bits per heavy atom. The highest BCUT2D eigenvalue weighted by Crippen LogP contribution is 2.15. The molecule has 0 radical (unpaired) electrons. The number of hydrogen-bond acceptors (Lipinski definition) is 5. The van der Waals surface area contributed by atoms with Crippen molar-refractivity contribution in [3.05, 3.63) is 0 Å². The number of unbranched alkanes of at least 4 members (excludes halogenated alkanes) is 1. The number of carbonyl (C=O) groups is 3. The number of carbonyl (C=O) groups excluding carboxylic acids is 2. The van der Waals surface area contributed by atoms with Crippen LogP contribution in [0.15, 0.2) is 0 Å². The normalized spacial score (nSPS) is 16.6. The molecule has 1 atom stereocenters. The summed E-state index contributed by atoms with van der Waals surface area (Å²) < 4.78 is 0. The van der Waals surface area contributed by atoms with Gasteiger partial charge in [-0.25, -0.2) is 4.79 Å². The predicted molar refractivity (Wildman–Crippen MR) is 109 cm³/mol. The third-order valence-corrected chi connectivity index (χ3v) is 5.40. The fourth-order valence-electron chi connectivity index (χ4n) is 3.36. The van der Waals surface area contributed by atoms with Gasteiger partial charge in [0.1, 0.15) is 0 Å². The van der Waals surface area contributed by atoms with Crippen LogP contribution in [0.1, 0.15) is 47.0 Å². The zero-order valence-electron chi connectivity index (χ0n) is 18.1. The Morgan fingerprint density at radius 1 is 1.04 bits per heavy atom. The van der Waals surface area contributed by atoms with Gasteiger partial charge in [0.25, 0.3) is 0 Å². The number of rotatable bonds is 11. The second-order valence-corrected chi connectivity index (χ2v) is 8.22. The summed E-state index contributed by atoms with van der Waals surface area (Å²) >= 11 is 0. The van der Waals surface area contributed by atoms with Gasteiger partial charge in [0, 0.05) is 44.7 Å². The SMILES string of the molecule is CC(C)C(=O)[C@H](CCCCNC(=O)N1CCN(CC(=O)O)CC1)N(C)C(C)C. The van der Waals surface area contributed by atoms with E-state index in [0.717, 1.165) is 19.3 Å². The highest BCUT2D eigenvalue weighted by Gasteiger charge is 2.26. The number of Topliss-reactive ketones (excluding diaryl/α,β-unsaturated/α-hetero) is 1. The topological polar surface area (TPSA) is 93.2 Å². The van der Waals surface area contributed by atoms with Crippen molar-refractivity contribution >= 4 is 17.8 Å². The van der Waals surface area contributed by atoms with E-state index in [4.69, 9.17) is 5.11 Å². The van der Waals surface area contributed by atoms with Crippen molar-refractivity contribution in [1.29, 1.82) is 0 Å². The number of aliphatic carboxylic acids is 1. The number of carboxylic acids is 1. The highest BCUT2D eigenvalue weighted by atomic mass is 16.4. The lowest BCUT2D eigenvalue weighted by molar-refractivity contribution is -0.138. The molecule has 1 rings (SSSR count). The average molecular weight is 399 g/mol. The van der Waals surface area contributed by atoms with Crippen LogP contribution in [0.4, 0.5) is 4.79 Å². The number of hydrogen-bond donors (Lipinski definition) is 2. The molecule has 8 heteroatoms. The molecular formula is C20H38N4O4. The van der Waals surface area contributed by atoms with E-state index in [2.05, 4.69) is 24.1 Å². The van der Waals surface area contributed by atoms with Crippen molar-refractivity contribution in [2.75, 3.05) is 46.3 Å². The number of piperazine rings is 1. The third kappa shape index (κ3) is 8.14. The van der Waals surface area contributed by atoms with E-state index in [1.54, 1.807) is 4.90 Å². The van der Waals surface area contributed by atoms with Gasteiger partial charge in [-0.1, -0.05) is 13.8 Å². The molecule has 1 saturated heterocycles. The Kier molecular flexibility index (Phi) is 10.5. The monoisotopic (exact) mass is 398 g/mol. The van der Waals surface area contributed by atoms with E-state index in [0.29, 0.717) is 38.8 Å². The Balaban J connectivity index is 2.30. The molecule has 8 nitrogen and oxygen atoms in total. The second kappa shape index (κ2) is 12.0. The first-order valence-corrected chi connectivity index (χ1v) is 10.4. The first kappa shape index (κ1) is 24.4. The second-order valence-electron chi connectivity index (χ2n) is 8.22. The van der Waals surface area contributed by atoms with Gasteiger partial charge in [-0.05, 0) is 40.2 Å². The molecule has 2 amide bonds. The number of likely N-dealkylation sites (N-methyl/N-ethyl adjacent to an activating group) is 1. The first-order valence-electron chi connectivity index (χ1n) is 10.4. The summed E-state index contributed by atoms with van der Waals surface area (Å²) in [5.41, 5.74) is 0. The van der Waals surface area contributed by atoms with E-state index >= 15 is 0 Å². The maximum absolute atomic E-state index is 12.5. The maximum Gasteiger partial charge on any atom is 0.317 e. The standard InChI is InChI=1S/C20H38N4O4/c1-15(2)19(27)17(22(5)16(3)4)8-6-7-9-21-20(28)24-12-10-23(11-13-24)14-18(25)26/h15-17H,6-14H2,1-5H3,(H,21,28)(H,25,26)/t17-/m0/s1. The van der Waals surface area contributed by atoms with Crippen LogP contribution in [-0.4, -0.2) is 96.0 Å². The van der Waals surface area contributed by atoms with Crippen LogP contribution in [0.3, 0.4) is 0 Å². The molecule has 2 N–H and O–H groups in total. The Labute approximate surface area is 169 Å². The van der Waals surface area contributed by atoms with Crippen LogP contribution in [0.25, 0.3) is 0 Å². The lowest BCUT2D eigenvalue weighted by Crippen LogP contribution is -2.52. The first-order chi connectivity index (χ1) is 13.1. The zero-order chi connectivity index (χ0) is 21.3. The van der Waals surface area contributed by atoms with Gasteiger partial charge in [0.2, 0.25) is 0 Å². The summed E-state index contributed by atoms with van der Waals surface area (Å²) in [6.45, 7) is 10.9. The summed E-state index contributed by atoms with van der Waals surface area (Å²) in [4.78, 5) is 41.2. The molecule has 0 unspecified atom stereocenters. The number of nitrogens with zero attached hydrogens (tertiary/aromatic N) is 3. The minimum absolute atomic E-state index is 0.0192. The Hall–Kier alpha value is -1.67. The van der Waals surface area contributed by atoms with Crippen molar-refractivity contribution in [2.45, 2.75) is 59.0 Å². The minimum Gasteiger partial charge on any atom is -0.480 e. The van der Waals surface area contributed by atoms with E-state index in [9.17, 15) is 14.4 Å². The number of ketones is 1. The number of urea groups is 1. The fraction of sp³-hybridized carbons (Fsp3) is 0.850. The van der Waals surface area contributed by atoms with Gasteiger partial charge in [-0.15, -0.1) is 0 Å². The highest BCUT2D eigenvalue weighted by molar-refractivity contribution is 5.85. The van der Waals surface area contributed by atoms with E-state index in [1.165, 1.54) is 0 Å². The van der Waals surface area contributed by atoms with Gasteiger partial charge < -0.3 is 15.3 Å². The third-order valence-electron chi connectivity index (χ3n) is 5.40. The zero-order valence-corrected chi connectivity index (χ0v) is 18.1. The predicted octanol–water partition coefficient (Wildman–Crippen LogP) is 1.50. The van der Waals surface area contributed by atoms with E-state index in [1.807, 2.05) is 25.8 Å². The molecule has 162 valence electrons. The van der Waals surface area contributed by atoms with Gasteiger partial charge in [-0.3, -0.25) is 19.4 Å². The summed E-state index contributed by atoms with van der Waals surface area (Å²) in [6.07, 6.45) is 2.51. The number of amides is 2. The molecule has 0 aromatic rings. The molecule has 0 spiro atoms. The van der Waals surface area contributed by atoms with Gasteiger partial charge in [0.05, 0.1) is 12.6 Å². The molecule has 1 aliphatic rings. The fourth-order valence-corrected chi connectivity index (χ4v) is 3.36.